The summed E-state index contributed by atoms with van der Waals surface area (Å²) in [5, 5.41) is 7.46. The van der Waals surface area contributed by atoms with Crippen LogP contribution in [0.25, 0.3) is 11.1 Å². The van der Waals surface area contributed by atoms with Gasteiger partial charge in [-0.15, -0.1) is 12.4 Å². The van der Waals surface area contributed by atoms with Crippen molar-refractivity contribution in [3.05, 3.63) is 59.7 Å². The second-order valence-corrected chi connectivity index (χ2v) is 7.49. The lowest BCUT2D eigenvalue weighted by Crippen LogP contribution is -2.41. The summed E-state index contributed by atoms with van der Waals surface area (Å²) in [6.07, 6.45) is 2.60. The minimum absolute atomic E-state index is 0. The van der Waals surface area contributed by atoms with E-state index in [4.69, 9.17) is 15.9 Å². The number of likely N-dealkylation sites (tertiary alicyclic amines) is 1. The number of hydrogen-bond donors (Lipinski definition) is 2. The number of carbonyl (C=O) groups excluding carboxylic acids is 2. The molecule has 1 amide bonds. The van der Waals surface area contributed by atoms with Crippen LogP contribution in [0.1, 0.15) is 30.4 Å². The van der Waals surface area contributed by atoms with Gasteiger partial charge in [0.15, 0.2) is 0 Å². The summed E-state index contributed by atoms with van der Waals surface area (Å²) in [6.45, 7) is 1.37. The van der Waals surface area contributed by atoms with Gasteiger partial charge in [-0.25, -0.2) is 0 Å². The molecular formula is C23H28ClN3O3. The lowest BCUT2D eigenvalue weighted by Gasteiger charge is -2.32. The summed E-state index contributed by atoms with van der Waals surface area (Å²) in [5.41, 5.74) is 9.24. The van der Waals surface area contributed by atoms with Gasteiger partial charge in [0, 0.05) is 25.1 Å². The second kappa shape index (κ2) is 10.8. The van der Waals surface area contributed by atoms with Gasteiger partial charge in [-0.3, -0.25) is 15.0 Å². The molecule has 3 rings (SSSR count). The van der Waals surface area contributed by atoms with Crippen molar-refractivity contribution in [1.29, 1.82) is 5.41 Å². The van der Waals surface area contributed by atoms with Crippen molar-refractivity contribution in [1.82, 2.24) is 4.90 Å². The van der Waals surface area contributed by atoms with Gasteiger partial charge in [0.25, 0.3) is 0 Å². The topological polar surface area (TPSA) is 96.5 Å². The molecule has 3 N–H and O–H groups in total. The van der Waals surface area contributed by atoms with Crippen molar-refractivity contribution in [2.24, 2.45) is 11.7 Å². The highest BCUT2D eigenvalue weighted by atomic mass is 35.5. The van der Waals surface area contributed by atoms with Crippen LogP contribution < -0.4 is 5.73 Å². The third-order valence-electron chi connectivity index (χ3n) is 5.39. The minimum Gasteiger partial charge on any atom is -0.469 e. The van der Waals surface area contributed by atoms with Crippen LogP contribution >= 0.6 is 12.4 Å². The third-order valence-corrected chi connectivity index (χ3v) is 5.39. The fourth-order valence-electron chi connectivity index (χ4n) is 3.72. The first-order valence-corrected chi connectivity index (χ1v) is 9.84. The molecule has 0 aliphatic carbocycles. The average Bonchev–Trinajstić information content (AvgIpc) is 2.74. The highest BCUT2D eigenvalue weighted by Gasteiger charge is 2.25. The number of nitrogens with zero attached hydrogens (tertiary/aromatic N) is 1. The molecule has 30 heavy (non-hydrogen) atoms. The molecule has 6 nitrogen and oxygen atoms in total. The Morgan fingerprint density at radius 1 is 1.10 bits per heavy atom. The monoisotopic (exact) mass is 429 g/mol. The fourth-order valence-corrected chi connectivity index (χ4v) is 3.72. The fraction of sp³-hybridized carbons (Fsp3) is 0.348. The van der Waals surface area contributed by atoms with E-state index in [9.17, 15) is 9.59 Å². The molecule has 160 valence electrons. The number of carbonyl (C=O) groups is 2. The molecule has 1 unspecified atom stereocenters. The Morgan fingerprint density at radius 2 is 1.70 bits per heavy atom. The molecule has 0 bridgehead atoms. The zero-order chi connectivity index (χ0) is 20.8. The molecule has 1 heterocycles. The molecule has 1 fully saturated rings. The first-order valence-electron chi connectivity index (χ1n) is 9.84. The quantitative estimate of drug-likeness (QED) is 0.417. The number of esters is 1. The highest BCUT2D eigenvalue weighted by molar-refractivity contribution is 5.95. The number of amides is 1. The molecule has 1 atom stereocenters. The molecule has 0 spiro atoms. The largest absolute Gasteiger partial charge is 0.469 e. The van der Waals surface area contributed by atoms with Gasteiger partial charge in [0.1, 0.15) is 5.84 Å². The number of hydrogen-bond acceptors (Lipinski definition) is 4. The number of piperidine rings is 1. The lowest BCUT2D eigenvalue weighted by molar-refractivity contribution is -0.143. The first kappa shape index (κ1) is 23.4. The Morgan fingerprint density at radius 3 is 2.27 bits per heavy atom. The molecule has 0 saturated carbocycles. The summed E-state index contributed by atoms with van der Waals surface area (Å²) < 4.78 is 4.75. The summed E-state index contributed by atoms with van der Waals surface area (Å²) in [5.74, 6) is 0.117. The van der Waals surface area contributed by atoms with Crippen molar-refractivity contribution in [2.75, 3.05) is 20.2 Å². The molecule has 1 aliphatic rings. The Bertz CT molecular complexity index is 882. The normalized spacial score (nSPS) is 15.8. The van der Waals surface area contributed by atoms with E-state index in [1.807, 2.05) is 53.4 Å². The van der Waals surface area contributed by atoms with Crippen LogP contribution in [0.4, 0.5) is 0 Å². The van der Waals surface area contributed by atoms with E-state index in [-0.39, 0.29) is 36.0 Å². The predicted octanol–water partition coefficient (Wildman–Crippen LogP) is 3.40. The van der Waals surface area contributed by atoms with Gasteiger partial charge in [-0.1, -0.05) is 48.5 Å². The summed E-state index contributed by atoms with van der Waals surface area (Å²) >= 11 is 0. The Balaban J connectivity index is 0.00000320. The number of nitrogen functional groups attached to an aromatic ring is 1. The highest BCUT2D eigenvalue weighted by Crippen LogP contribution is 2.23. The molecule has 0 radical (unpaired) electrons. The van der Waals surface area contributed by atoms with Crippen LogP contribution in [-0.2, 0) is 20.7 Å². The van der Waals surface area contributed by atoms with E-state index in [0.717, 1.165) is 36.1 Å². The van der Waals surface area contributed by atoms with Gasteiger partial charge in [0.05, 0.1) is 13.5 Å². The van der Waals surface area contributed by atoms with Crippen LogP contribution in [-0.4, -0.2) is 42.8 Å². The molecule has 2 aromatic carbocycles. The van der Waals surface area contributed by atoms with Crippen molar-refractivity contribution < 1.29 is 14.3 Å². The summed E-state index contributed by atoms with van der Waals surface area (Å²) in [7, 11) is 1.40. The van der Waals surface area contributed by atoms with Crippen LogP contribution in [0.5, 0.6) is 0 Å². The second-order valence-electron chi connectivity index (χ2n) is 7.49. The van der Waals surface area contributed by atoms with Gasteiger partial charge in [-0.05, 0) is 35.4 Å². The molecular weight excluding hydrogens is 402 g/mol. The Kier molecular flexibility index (Phi) is 8.42. The zero-order valence-electron chi connectivity index (χ0n) is 17.1. The average molecular weight is 430 g/mol. The van der Waals surface area contributed by atoms with E-state index >= 15 is 0 Å². The van der Waals surface area contributed by atoms with E-state index in [1.54, 1.807) is 0 Å². The minimum atomic E-state index is -0.212. The zero-order valence-corrected chi connectivity index (χ0v) is 17.9. The number of rotatable bonds is 6. The lowest BCUT2D eigenvalue weighted by atomic mass is 9.94. The number of nitrogens with two attached hydrogens (primary N) is 1. The van der Waals surface area contributed by atoms with Crippen molar-refractivity contribution in [3.8, 4) is 11.1 Å². The van der Waals surface area contributed by atoms with E-state index in [0.29, 0.717) is 24.9 Å². The van der Waals surface area contributed by atoms with E-state index in [2.05, 4.69) is 0 Å². The van der Waals surface area contributed by atoms with Gasteiger partial charge in [-0.2, -0.15) is 0 Å². The first-order chi connectivity index (χ1) is 14.0. The van der Waals surface area contributed by atoms with Crippen LogP contribution in [0, 0.1) is 11.3 Å². The molecule has 0 aromatic heterocycles. The number of benzene rings is 2. The van der Waals surface area contributed by atoms with Crippen LogP contribution in [0.2, 0.25) is 0 Å². The van der Waals surface area contributed by atoms with Crippen molar-refractivity contribution in [3.63, 3.8) is 0 Å². The van der Waals surface area contributed by atoms with Crippen molar-refractivity contribution >= 4 is 30.1 Å². The number of nitrogens with one attached hydrogen (secondary N) is 1. The Labute approximate surface area is 183 Å². The summed E-state index contributed by atoms with van der Waals surface area (Å²) in [6, 6.07) is 15.5. The molecule has 1 saturated heterocycles. The predicted molar refractivity (Wildman–Crippen MR) is 120 cm³/mol. The van der Waals surface area contributed by atoms with E-state index in [1.165, 1.54) is 7.11 Å². The number of ether oxygens (including phenoxy) is 1. The summed E-state index contributed by atoms with van der Waals surface area (Å²) in [4.78, 5) is 26.1. The smallest absolute Gasteiger partial charge is 0.305 e. The van der Waals surface area contributed by atoms with Crippen LogP contribution in [0.15, 0.2) is 48.5 Å². The molecule has 2 aromatic rings. The molecule has 7 heteroatoms. The standard InChI is InChI=1S/C23H27N3O3.ClH/c1-29-22(28)14-17-3-2-12-26(15-17)21(27)13-16-4-6-18(7-5-16)19-8-10-20(11-9-19)23(24)25;/h4-11,17H,2-3,12-15H2,1H3,(H3,24,25);1H. The maximum atomic E-state index is 12.7. The molecule has 1 aliphatic heterocycles. The Hall–Kier alpha value is -2.86. The number of methoxy groups -OCH3 is 1. The van der Waals surface area contributed by atoms with Crippen molar-refractivity contribution in [2.45, 2.75) is 25.7 Å². The van der Waals surface area contributed by atoms with E-state index < -0.39 is 0 Å². The van der Waals surface area contributed by atoms with Gasteiger partial charge < -0.3 is 15.4 Å². The number of amidine groups is 1. The number of halogens is 1. The SMILES string of the molecule is COC(=O)CC1CCCN(C(=O)Cc2ccc(-c3ccc(C(=N)N)cc3)cc2)C1.Cl. The third kappa shape index (κ3) is 6.07. The maximum absolute atomic E-state index is 12.7. The maximum Gasteiger partial charge on any atom is 0.305 e. The van der Waals surface area contributed by atoms with Gasteiger partial charge >= 0.3 is 5.97 Å². The van der Waals surface area contributed by atoms with Crippen LogP contribution in [0.3, 0.4) is 0 Å². The van der Waals surface area contributed by atoms with Gasteiger partial charge in [0.2, 0.25) is 5.91 Å².